The Morgan fingerprint density at radius 2 is 2.15 bits per heavy atom. The SMILES string of the molecule is CC(C)C(=O)Nc1ccc(NC2CCS(=O)(=O)C2)nc1. The first-order chi connectivity index (χ1) is 9.35. The van der Waals surface area contributed by atoms with E-state index < -0.39 is 9.84 Å². The van der Waals surface area contributed by atoms with E-state index in [1.54, 1.807) is 18.3 Å². The molecule has 0 bridgehead atoms. The number of carbonyl (C=O) groups is 1. The van der Waals surface area contributed by atoms with Crippen molar-refractivity contribution in [2.24, 2.45) is 5.92 Å². The number of sulfone groups is 1. The molecule has 1 saturated heterocycles. The van der Waals surface area contributed by atoms with Crippen LogP contribution in [-0.2, 0) is 14.6 Å². The van der Waals surface area contributed by atoms with Gasteiger partial charge in [0.25, 0.3) is 0 Å². The predicted octanol–water partition coefficient (Wildman–Crippen LogP) is 1.28. The van der Waals surface area contributed by atoms with Crippen molar-refractivity contribution < 1.29 is 13.2 Å². The molecule has 1 atom stereocenters. The average Bonchev–Trinajstić information content (AvgIpc) is 2.71. The van der Waals surface area contributed by atoms with Gasteiger partial charge in [0.15, 0.2) is 9.84 Å². The molecule has 0 spiro atoms. The van der Waals surface area contributed by atoms with Gasteiger partial charge in [-0.15, -0.1) is 0 Å². The maximum atomic E-state index is 11.5. The largest absolute Gasteiger partial charge is 0.366 e. The monoisotopic (exact) mass is 297 g/mol. The third-order valence-electron chi connectivity index (χ3n) is 3.14. The second-order valence-corrected chi connectivity index (χ2v) is 7.55. The van der Waals surface area contributed by atoms with Crippen molar-refractivity contribution in [1.82, 2.24) is 4.98 Å². The molecule has 0 aliphatic carbocycles. The van der Waals surface area contributed by atoms with E-state index >= 15 is 0 Å². The molecule has 6 nitrogen and oxygen atoms in total. The molecular weight excluding hydrogens is 278 g/mol. The topological polar surface area (TPSA) is 88.2 Å². The van der Waals surface area contributed by atoms with Gasteiger partial charge in [0.05, 0.1) is 23.4 Å². The van der Waals surface area contributed by atoms with Crippen molar-refractivity contribution in [3.05, 3.63) is 18.3 Å². The van der Waals surface area contributed by atoms with Crippen molar-refractivity contribution in [2.75, 3.05) is 22.1 Å². The van der Waals surface area contributed by atoms with Crippen LogP contribution < -0.4 is 10.6 Å². The molecule has 20 heavy (non-hydrogen) atoms. The lowest BCUT2D eigenvalue weighted by Gasteiger charge is -2.12. The second kappa shape index (κ2) is 5.78. The van der Waals surface area contributed by atoms with Crippen molar-refractivity contribution in [3.8, 4) is 0 Å². The molecule has 0 saturated carbocycles. The number of pyridine rings is 1. The number of nitrogens with one attached hydrogen (secondary N) is 2. The summed E-state index contributed by atoms with van der Waals surface area (Å²) >= 11 is 0. The average molecular weight is 297 g/mol. The van der Waals surface area contributed by atoms with Crippen LogP contribution in [0.15, 0.2) is 18.3 Å². The number of anilines is 2. The Bertz CT molecular complexity index is 581. The number of carbonyl (C=O) groups excluding carboxylic acids is 1. The summed E-state index contributed by atoms with van der Waals surface area (Å²) in [5.41, 5.74) is 0.633. The molecule has 2 heterocycles. The number of nitrogens with zero attached hydrogens (tertiary/aromatic N) is 1. The van der Waals surface area contributed by atoms with E-state index in [-0.39, 0.29) is 29.4 Å². The Labute approximate surface area is 118 Å². The van der Waals surface area contributed by atoms with Gasteiger partial charge in [0.1, 0.15) is 5.82 Å². The molecule has 0 radical (unpaired) electrons. The zero-order valence-electron chi connectivity index (χ0n) is 11.6. The van der Waals surface area contributed by atoms with Crippen LogP contribution in [0.2, 0.25) is 0 Å². The van der Waals surface area contributed by atoms with Gasteiger partial charge in [-0.3, -0.25) is 4.79 Å². The van der Waals surface area contributed by atoms with Gasteiger partial charge < -0.3 is 10.6 Å². The lowest BCUT2D eigenvalue weighted by molar-refractivity contribution is -0.118. The van der Waals surface area contributed by atoms with Crippen molar-refractivity contribution in [2.45, 2.75) is 26.3 Å². The summed E-state index contributed by atoms with van der Waals surface area (Å²) in [6.07, 6.45) is 2.17. The van der Waals surface area contributed by atoms with Crippen LogP contribution in [0.1, 0.15) is 20.3 Å². The summed E-state index contributed by atoms with van der Waals surface area (Å²) in [5.74, 6) is 0.855. The zero-order chi connectivity index (χ0) is 14.8. The van der Waals surface area contributed by atoms with E-state index in [2.05, 4.69) is 15.6 Å². The lowest BCUT2D eigenvalue weighted by atomic mass is 10.2. The van der Waals surface area contributed by atoms with Crippen LogP contribution in [0.4, 0.5) is 11.5 Å². The normalized spacial score (nSPS) is 20.9. The summed E-state index contributed by atoms with van der Waals surface area (Å²) < 4.78 is 22.7. The van der Waals surface area contributed by atoms with Gasteiger partial charge in [-0.2, -0.15) is 0 Å². The zero-order valence-corrected chi connectivity index (χ0v) is 12.4. The second-order valence-electron chi connectivity index (χ2n) is 5.32. The number of rotatable bonds is 4. The summed E-state index contributed by atoms with van der Waals surface area (Å²) in [5, 5.41) is 5.85. The van der Waals surface area contributed by atoms with E-state index in [4.69, 9.17) is 0 Å². The molecule has 1 amide bonds. The van der Waals surface area contributed by atoms with E-state index in [1.165, 1.54) is 0 Å². The summed E-state index contributed by atoms with van der Waals surface area (Å²) in [6.45, 7) is 3.64. The summed E-state index contributed by atoms with van der Waals surface area (Å²) in [7, 11) is -2.90. The van der Waals surface area contributed by atoms with Gasteiger partial charge in [-0.25, -0.2) is 13.4 Å². The fourth-order valence-electron chi connectivity index (χ4n) is 1.96. The number of amides is 1. The van der Waals surface area contributed by atoms with Crippen molar-refractivity contribution >= 4 is 27.2 Å². The Morgan fingerprint density at radius 3 is 2.65 bits per heavy atom. The molecule has 1 aliphatic heterocycles. The molecule has 7 heteroatoms. The van der Waals surface area contributed by atoms with Gasteiger partial charge in [-0.1, -0.05) is 13.8 Å². The first-order valence-electron chi connectivity index (χ1n) is 6.59. The van der Waals surface area contributed by atoms with Crippen LogP contribution in [0.5, 0.6) is 0 Å². The summed E-state index contributed by atoms with van der Waals surface area (Å²) in [6, 6.07) is 3.41. The molecule has 0 aromatic carbocycles. The maximum absolute atomic E-state index is 11.5. The fraction of sp³-hybridized carbons (Fsp3) is 0.538. The summed E-state index contributed by atoms with van der Waals surface area (Å²) in [4.78, 5) is 15.7. The Morgan fingerprint density at radius 1 is 1.40 bits per heavy atom. The van der Waals surface area contributed by atoms with Gasteiger partial charge in [0, 0.05) is 12.0 Å². The van der Waals surface area contributed by atoms with Crippen LogP contribution in [0, 0.1) is 5.92 Å². The first kappa shape index (κ1) is 14.8. The molecule has 1 fully saturated rings. The molecule has 2 N–H and O–H groups in total. The van der Waals surface area contributed by atoms with E-state index in [1.807, 2.05) is 13.8 Å². The predicted molar refractivity (Wildman–Crippen MR) is 78.4 cm³/mol. The minimum absolute atomic E-state index is 0.0607. The molecular formula is C13H19N3O3S. The van der Waals surface area contributed by atoms with Gasteiger partial charge in [-0.05, 0) is 18.6 Å². The smallest absolute Gasteiger partial charge is 0.226 e. The third kappa shape index (κ3) is 3.93. The number of hydrogen-bond acceptors (Lipinski definition) is 5. The molecule has 1 aromatic rings. The highest BCUT2D eigenvalue weighted by atomic mass is 32.2. The van der Waals surface area contributed by atoms with Gasteiger partial charge in [0.2, 0.25) is 5.91 Å². The van der Waals surface area contributed by atoms with E-state index in [9.17, 15) is 13.2 Å². The highest BCUT2D eigenvalue weighted by Gasteiger charge is 2.27. The standard InChI is InChI=1S/C13H19N3O3S/c1-9(2)13(17)16-10-3-4-12(14-7-10)15-11-5-6-20(18,19)8-11/h3-4,7,9,11H,5-6,8H2,1-2H3,(H,14,15)(H,16,17). The quantitative estimate of drug-likeness (QED) is 0.874. The Balaban J connectivity index is 1.94. The molecule has 1 unspecified atom stereocenters. The number of aromatic nitrogens is 1. The van der Waals surface area contributed by atoms with Crippen LogP contribution in [-0.4, -0.2) is 36.9 Å². The highest BCUT2D eigenvalue weighted by molar-refractivity contribution is 7.91. The molecule has 2 rings (SSSR count). The molecule has 1 aliphatic rings. The Hall–Kier alpha value is -1.63. The highest BCUT2D eigenvalue weighted by Crippen LogP contribution is 2.17. The minimum Gasteiger partial charge on any atom is -0.366 e. The van der Waals surface area contributed by atoms with Gasteiger partial charge >= 0.3 is 0 Å². The fourth-order valence-corrected chi connectivity index (χ4v) is 3.63. The Kier molecular flexibility index (Phi) is 4.27. The molecule has 110 valence electrons. The third-order valence-corrected chi connectivity index (χ3v) is 4.91. The van der Waals surface area contributed by atoms with E-state index in [0.717, 1.165) is 0 Å². The minimum atomic E-state index is -2.90. The maximum Gasteiger partial charge on any atom is 0.226 e. The molecule has 1 aromatic heterocycles. The first-order valence-corrected chi connectivity index (χ1v) is 8.42. The van der Waals surface area contributed by atoms with Crippen molar-refractivity contribution in [1.29, 1.82) is 0 Å². The lowest BCUT2D eigenvalue weighted by Crippen LogP contribution is -2.21. The van der Waals surface area contributed by atoms with Crippen LogP contribution in [0.25, 0.3) is 0 Å². The van der Waals surface area contributed by atoms with Crippen molar-refractivity contribution in [3.63, 3.8) is 0 Å². The van der Waals surface area contributed by atoms with Crippen LogP contribution in [0.3, 0.4) is 0 Å². The number of hydrogen-bond donors (Lipinski definition) is 2. The van der Waals surface area contributed by atoms with E-state index in [0.29, 0.717) is 17.9 Å². The van der Waals surface area contributed by atoms with Crippen LogP contribution >= 0.6 is 0 Å².